The zero-order valence-corrected chi connectivity index (χ0v) is 5.58. The predicted molar refractivity (Wildman–Crippen MR) is 41.0 cm³/mol. The van der Waals surface area contributed by atoms with Gasteiger partial charge < -0.3 is 10.0 Å². The fraction of sp³-hybridized carbons (Fsp3) is 0.143. The summed E-state index contributed by atoms with van der Waals surface area (Å²) in [6.45, 7) is -2.59. The topological polar surface area (TPSA) is 40.5 Å². The molecule has 0 saturated heterocycles. The molecule has 0 aliphatic carbocycles. The van der Waals surface area contributed by atoms with Crippen LogP contribution >= 0.6 is 0 Å². The van der Waals surface area contributed by atoms with Gasteiger partial charge in [-0.15, -0.1) is 0 Å². The second-order valence-corrected chi connectivity index (χ2v) is 2.11. The van der Waals surface area contributed by atoms with Gasteiger partial charge >= 0.3 is 7.12 Å². The van der Waals surface area contributed by atoms with Crippen LogP contribution < -0.4 is 5.46 Å². The van der Waals surface area contributed by atoms with Gasteiger partial charge in [-0.05, 0) is 23.9 Å². The molecule has 0 spiro atoms. The molecular formula is C7H8BFO2. The zero-order valence-electron chi connectivity index (χ0n) is 8.58. The smallest absolute Gasteiger partial charge is 0.423 e. The normalized spacial score (nSPS) is 15.0. The molecule has 0 amide bonds. The zero-order chi connectivity index (χ0) is 10.9. The van der Waals surface area contributed by atoms with E-state index >= 15 is 0 Å². The van der Waals surface area contributed by atoms with Gasteiger partial charge in [0.1, 0.15) is 5.82 Å². The van der Waals surface area contributed by atoms with E-state index in [9.17, 15) is 4.39 Å². The van der Waals surface area contributed by atoms with Crippen molar-refractivity contribution in [3.8, 4) is 0 Å². The highest BCUT2D eigenvalue weighted by Gasteiger charge is 2.11. The molecule has 0 saturated carbocycles. The summed E-state index contributed by atoms with van der Waals surface area (Å²) in [4.78, 5) is 0. The Hall–Kier alpha value is -0.865. The summed E-state index contributed by atoms with van der Waals surface area (Å²) in [6.07, 6.45) is 0. The molecule has 0 aromatic heterocycles. The summed E-state index contributed by atoms with van der Waals surface area (Å²) < 4.78 is 33.9. The maximum absolute atomic E-state index is 13.0. The number of hydrogen-bond donors (Lipinski definition) is 2. The third-order valence-corrected chi connectivity index (χ3v) is 1.29. The summed E-state index contributed by atoms with van der Waals surface area (Å²) >= 11 is 0. The number of rotatable bonds is 1. The van der Waals surface area contributed by atoms with Gasteiger partial charge in [0, 0.05) is 4.11 Å². The number of halogens is 1. The Morgan fingerprint density at radius 3 is 2.82 bits per heavy atom. The van der Waals surface area contributed by atoms with Crippen molar-refractivity contribution in [1.29, 1.82) is 0 Å². The first-order valence-corrected chi connectivity index (χ1v) is 2.98. The van der Waals surface area contributed by atoms with Gasteiger partial charge in [-0.25, -0.2) is 4.39 Å². The summed E-state index contributed by atoms with van der Waals surface area (Å²) in [7, 11) is -1.79. The lowest BCUT2D eigenvalue weighted by atomic mass is 9.80. The SMILES string of the molecule is [2H]C([2H])([2H])c1cc(B(O)O)ccc1F. The van der Waals surface area contributed by atoms with E-state index in [0.717, 1.165) is 18.2 Å². The first-order chi connectivity index (χ1) is 6.32. The van der Waals surface area contributed by atoms with E-state index in [1.54, 1.807) is 0 Å². The summed E-state index contributed by atoms with van der Waals surface area (Å²) in [5.74, 6) is -0.880. The van der Waals surface area contributed by atoms with Gasteiger partial charge in [-0.3, -0.25) is 0 Å². The Bertz CT molecular complexity index is 340. The molecule has 4 heteroatoms. The lowest BCUT2D eigenvalue weighted by Gasteiger charge is -2.00. The summed E-state index contributed by atoms with van der Waals surface area (Å²) in [6, 6.07) is 2.94. The van der Waals surface area contributed by atoms with Crippen LogP contribution in [0.3, 0.4) is 0 Å². The quantitative estimate of drug-likeness (QED) is 0.554. The molecule has 0 atom stereocenters. The van der Waals surface area contributed by atoms with Crippen LogP contribution in [0.4, 0.5) is 4.39 Å². The fourth-order valence-electron chi connectivity index (χ4n) is 0.703. The minimum absolute atomic E-state index is 0.0440. The molecule has 0 fully saturated rings. The summed E-state index contributed by atoms with van der Waals surface area (Å²) in [5, 5.41) is 17.5. The number of benzene rings is 1. The first kappa shape index (κ1) is 4.90. The number of hydrogen-bond acceptors (Lipinski definition) is 2. The van der Waals surface area contributed by atoms with Gasteiger partial charge in [-0.1, -0.05) is 12.1 Å². The lowest BCUT2D eigenvalue weighted by Crippen LogP contribution is -2.29. The van der Waals surface area contributed by atoms with E-state index in [0.29, 0.717) is 0 Å². The van der Waals surface area contributed by atoms with Crippen molar-refractivity contribution in [2.45, 2.75) is 6.85 Å². The Kier molecular flexibility index (Phi) is 1.35. The molecule has 0 heterocycles. The molecule has 1 aromatic carbocycles. The summed E-state index contributed by atoms with van der Waals surface area (Å²) in [5.41, 5.74) is -0.555. The van der Waals surface area contributed by atoms with E-state index in [-0.39, 0.29) is 5.46 Å². The van der Waals surface area contributed by atoms with Crippen LogP contribution in [0.5, 0.6) is 0 Å². The van der Waals surface area contributed by atoms with Gasteiger partial charge in [-0.2, -0.15) is 0 Å². The van der Waals surface area contributed by atoms with Crippen LogP contribution in [0.2, 0.25) is 0 Å². The predicted octanol–water partition coefficient (Wildman–Crippen LogP) is -0.186. The molecule has 0 aliphatic heterocycles. The standard InChI is InChI=1S/C7H8BFO2/c1-5-4-6(8(10)11)2-3-7(5)9/h2-4,10-11H,1H3/i1D3. The largest absolute Gasteiger partial charge is 0.488 e. The molecule has 0 unspecified atom stereocenters. The van der Waals surface area contributed by atoms with Crippen molar-refractivity contribution >= 4 is 12.6 Å². The average Bonchev–Trinajstić information content (AvgIpc) is 2.02. The first-order valence-electron chi connectivity index (χ1n) is 4.48. The van der Waals surface area contributed by atoms with Crippen LogP contribution in [0.1, 0.15) is 9.68 Å². The third-order valence-electron chi connectivity index (χ3n) is 1.29. The molecule has 58 valence electrons. The molecule has 11 heavy (non-hydrogen) atoms. The van der Waals surface area contributed by atoms with Crippen LogP contribution in [0.15, 0.2) is 18.2 Å². The lowest BCUT2D eigenvalue weighted by molar-refractivity contribution is 0.425. The van der Waals surface area contributed by atoms with Gasteiger partial charge in [0.05, 0.1) is 0 Å². The van der Waals surface area contributed by atoms with Crippen molar-refractivity contribution in [2.24, 2.45) is 0 Å². The van der Waals surface area contributed by atoms with Crippen LogP contribution in [-0.2, 0) is 0 Å². The minimum atomic E-state index is -2.59. The highest BCUT2D eigenvalue weighted by atomic mass is 19.1. The monoisotopic (exact) mass is 157 g/mol. The van der Waals surface area contributed by atoms with E-state index in [4.69, 9.17) is 14.2 Å². The van der Waals surface area contributed by atoms with E-state index in [1.807, 2.05) is 0 Å². The highest BCUT2D eigenvalue weighted by Crippen LogP contribution is 2.01. The maximum atomic E-state index is 13.0. The van der Waals surface area contributed by atoms with Gasteiger partial charge in [0.15, 0.2) is 0 Å². The van der Waals surface area contributed by atoms with Crippen molar-refractivity contribution in [1.82, 2.24) is 0 Å². The number of aryl methyl sites for hydroxylation is 1. The molecule has 0 radical (unpaired) electrons. The molecule has 0 aliphatic rings. The van der Waals surface area contributed by atoms with E-state index in [2.05, 4.69) is 0 Å². The second kappa shape index (κ2) is 3.03. The molecule has 1 rings (SSSR count). The van der Waals surface area contributed by atoms with Crippen LogP contribution in [-0.4, -0.2) is 17.2 Å². The maximum Gasteiger partial charge on any atom is 0.488 e. The van der Waals surface area contributed by atoms with Crippen LogP contribution in [0, 0.1) is 12.7 Å². The Balaban J connectivity index is 3.22. The fourth-order valence-corrected chi connectivity index (χ4v) is 0.703. The second-order valence-electron chi connectivity index (χ2n) is 2.11. The van der Waals surface area contributed by atoms with Crippen molar-refractivity contribution in [3.63, 3.8) is 0 Å². The molecule has 1 aromatic rings. The average molecular weight is 157 g/mol. The van der Waals surface area contributed by atoms with Crippen molar-refractivity contribution in [2.75, 3.05) is 0 Å². The van der Waals surface area contributed by atoms with Gasteiger partial charge in [0.2, 0.25) is 0 Å². The Morgan fingerprint density at radius 1 is 1.55 bits per heavy atom. The van der Waals surface area contributed by atoms with Crippen LogP contribution in [0.25, 0.3) is 0 Å². The van der Waals surface area contributed by atoms with Crippen molar-refractivity contribution < 1.29 is 18.6 Å². The third kappa shape index (κ3) is 1.79. The molecule has 2 N–H and O–H groups in total. The molecule has 2 nitrogen and oxygen atoms in total. The molecular weight excluding hydrogens is 146 g/mol. The van der Waals surface area contributed by atoms with E-state index < -0.39 is 25.4 Å². The van der Waals surface area contributed by atoms with Crippen molar-refractivity contribution in [3.05, 3.63) is 29.6 Å². The Morgan fingerprint density at radius 2 is 2.27 bits per heavy atom. The minimum Gasteiger partial charge on any atom is -0.423 e. The van der Waals surface area contributed by atoms with E-state index in [1.165, 1.54) is 0 Å². The highest BCUT2D eigenvalue weighted by molar-refractivity contribution is 6.58. The Labute approximate surface area is 68.7 Å². The molecule has 0 bridgehead atoms. The van der Waals surface area contributed by atoms with Gasteiger partial charge in [0.25, 0.3) is 0 Å².